The number of pyridine rings is 1. The second-order valence-electron chi connectivity index (χ2n) is 2.77. The van der Waals surface area contributed by atoms with Crippen LogP contribution in [0.15, 0.2) is 6.20 Å². The van der Waals surface area contributed by atoms with E-state index in [2.05, 4.69) is 9.72 Å². The van der Waals surface area contributed by atoms with Crippen molar-refractivity contribution in [3.63, 3.8) is 0 Å². The van der Waals surface area contributed by atoms with E-state index in [4.69, 9.17) is 0 Å². The average molecular weight is 358 g/mol. The molecule has 1 aromatic rings. The van der Waals surface area contributed by atoms with Crippen LogP contribution in [0, 0.1) is 13.7 Å². The number of nitro groups is 1. The van der Waals surface area contributed by atoms with E-state index >= 15 is 0 Å². The van der Waals surface area contributed by atoms with Gasteiger partial charge < -0.3 is 4.74 Å². The highest BCUT2D eigenvalue weighted by Gasteiger charge is 2.30. The van der Waals surface area contributed by atoms with Crippen LogP contribution < -0.4 is 0 Å². The highest BCUT2D eigenvalue weighted by atomic mass is 127. The molecule has 1 rings (SSSR count). The van der Waals surface area contributed by atoms with Crippen molar-refractivity contribution in [2.75, 3.05) is 7.11 Å². The van der Waals surface area contributed by atoms with Crippen molar-refractivity contribution in [3.8, 4) is 0 Å². The van der Waals surface area contributed by atoms with Gasteiger partial charge in [0.25, 0.3) is 6.43 Å². The van der Waals surface area contributed by atoms with Crippen molar-refractivity contribution < 1.29 is 23.2 Å². The molecule has 0 fully saturated rings. The first-order chi connectivity index (χ1) is 7.90. The summed E-state index contributed by atoms with van der Waals surface area (Å²) in [5.74, 6) is -0.870. The SMILES string of the molecule is COC(=O)c1cnc(C(F)F)c([N+](=O)[O-])c1I. The molecular formula is C8H5F2IN2O4. The Balaban J connectivity index is 3.49. The van der Waals surface area contributed by atoms with E-state index in [1.54, 1.807) is 0 Å². The molecule has 0 amide bonds. The van der Waals surface area contributed by atoms with Gasteiger partial charge in [0.2, 0.25) is 0 Å². The summed E-state index contributed by atoms with van der Waals surface area (Å²) >= 11 is 1.44. The van der Waals surface area contributed by atoms with Gasteiger partial charge in [0, 0.05) is 6.20 Å². The van der Waals surface area contributed by atoms with Crippen LogP contribution in [0.25, 0.3) is 0 Å². The summed E-state index contributed by atoms with van der Waals surface area (Å²) < 4.78 is 29.1. The molecule has 0 aromatic carbocycles. The lowest BCUT2D eigenvalue weighted by atomic mass is 10.2. The van der Waals surface area contributed by atoms with Crippen LogP contribution in [0.2, 0.25) is 0 Å². The summed E-state index contributed by atoms with van der Waals surface area (Å²) in [5.41, 5.74) is -2.06. The molecule has 0 unspecified atom stereocenters. The number of hydrogen-bond donors (Lipinski definition) is 0. The molecule has 1 heterocycles. The maximum absolute atomic E-state index is 12.5. The molecule has 0 radical (unpaired) electrons. The number of hydrogen-bond acceptors (Lipinski definition) is 5. The summed E-state index contributed by atoms with van der Waals surface area (Å²) in [6.07, 6.45) is -2.25. The lowest BCUT2D eigenvalue weighted by Crippen LogP contribution is -2.10. The number of carbonyl (C=O) groups is 1. The Bertz CT molecular complexity index is 481. The second kappa shape index (κ2) is 5.29. The number of rotatable bonds is 3. The van der Waals surface area contributed by atoms with Gasteiger partial charge in [-0.2, -0.15) is 0 Å². The summed E-state index contributed by atoms with van der Waals surface area (Å²) in [5, 5.41) is 10.7. The van der Waals surface area contributed by atoms with Crippen molar-refractivity contribution in [1.82, 2.24) is 4.98 Å². The number of aromatic nitrogens is 1. The van der Waals surface area contributed by atoms with E-state index in [1.807, 2.05) is 0 Å². The summed E-state index contributed by atoms with van der Waals surface area (Å²) in [6, 6.07) is 0. The molecule has 0 saturated carbocycles. The Kier molecular flexibility index (Phi) is 4.26. The fourth-order valence-corrected chi connectivity index (χ4v) is 1.91. The largest absolute Gasteiger partial charge is 0.465 e. The van der Waals surface area contributed by atoms with E-state index in [9.17, 15) is 23.7 Å². The molecule has 1 aromatic heterocycles. The van der Waals surface area contributed by atoms with Crippen molar-refractivity contribution in [2.24, 2.45) is 0 Å². The predicted octanol–water partition coefficient (Wildman–Crippen LogP) is 2.32. The monoisotopic (exact) mass is 358 g/mol. The number of nitrogens with zero attached hydrogens (tertiary/aromatic N) is 2. The molecule has 0 atom stereocenters. The number of alkyl halides is 2. The van der Waals surface area contributed by atoms with Gasteiger partial charge in [0.1, 0.15) is 3.57 Å². The Morgan fingerprint density at radius 3 is 2.65 bits per heavy atom. The third-order valence-corrected chi connectivity index (χ3v) is 2.91. The van der Waals surface area contributed by atoms with Crippen LogP contribution in [0.3, 0.4) is 0 Å². The van der Waals surface area contributed by atoms with Gasteiger partial charge in [-0.25, -0.2) is 18.6 Å². The molecule has 17 heavy (non-hydrogen) atoms. The van der Waals surface area contributed by atoms with Crippen molar-refractivity contribution in [1.29, 1.82) is 0 Å². The maximum atomic E-state index is 12.5. The molecular weight excluding hydrogens is 353 g/mol. The van der Waals surface area contributed by atoms with Gasteiger partial charge in [-0.15, -0.1) is 0 Å². The molecule has 0 aliphatic rings. The quantitative estimate of drug-likeness (QED) is 0.359. The predicted molar refractivity (Wildman–Crippen MR) is 59.9 cm³/mol. The van der Waals surface area contributed by atoms with Crippen molar-refractivity contribution in [3.05, 3.63) is 31.1 Å². The van der Waals surface area contributed by atoms with Gasteiger partial charge >= 0.3 is 11.7 Å². The van der Waals surface area contributed by atoms with Crippen LogP contribution in [0.4, 0.5) is 14.5 Å². The van der Waals surface area contributed by atoms with E-state index in [0.29, 0.717) is 0 Å². The molecule has 0 bridgehead atoms. The number of methoxy groups -OCH3 is 1. The minimum absolute atomic E-state index is 0.218. The second-order valence-corrected chi connectivity index (χ2v) is 3.85. The fraction of sp³-hybridized carbons (Fsp3) is 0.250. The Hall–Kier alpha value is -1.39. The Morgan fingerprint density at radius 1 is 1.65 bits per heavy atom. The molecule has 92 valence electrons. The number of halogens is 3. The zero-order chi connectivity index (χ0) is 13.2. The van der Waals surface area contributed by atoms with Crippen LogP contribution in [0.1, 0.15) is 22.5 Å². The molecule has 6 nitrogen and oxygen atoms in total. The molecule has 0 aliphatic heterocycles. The number of ether oxygens (including phenoxy) is 1. The first kappa shape index (κ1) is 13.7. The highest BCUT2D eigenvalue weighted by molar-refractivity contribution is 14.1. The fourth-order valence-electron chi connectivity index (χ4n) is 1.08. The van der Waals surface area contributed by atoms with E-state index in [-0.39, 0.29) is 9.13 Å². The van der Waals surface area contributed by atoms with Gasteiger partial charge in [-0.1, -0.05) is 0 Å². The molecule has 0 aliphatic carbocycles. The third kappa shape index (κ3) is 2.65. The van der Waals surface area contributed by atoms with Crippen LogP contribution in [-0.2, 0) is 4.74 Å². The van der Waals surface area contributed by atoms with Crippen LogP contribution >= 0.6 is 22.6 Å². The van der Waals surface area contributed by atoms with Gasteiger partial charge in [0.15, 0.2) is 5.69 Å². The molecule has 0 spiro atoms. The summed E-state index contributed by atoms with van der Waals surface area (Å²) in [4.78, 5) is 24.1. The first-order valence-corrected chi connectivity index (χ1v) is 5.17. The lowest BCUT2D eigenvalue weighted by Gasteiger charge is -2.06. The highest BCUT2D eigenvalue weighted by Crippen LogP contribution is 2.33. The molecule has 0 N–H and O–H groups in total. The van der Waals surface area contributed by atoms with Gasteiger partial charge in [-0.05, 0) is 22.6 Å². The lowest BCUT2D eigenvalue weighted by molar-refractivity contribution is -0.387. The Labute approximate surface area is 107 Å². The standard InChI is InChI=1S/C8H5F2IN2O4/c1-17-8(14)3-2-12-5(7(9)10)6(4(3)11)13(15)16/h2,7H,1H3. The minimum atomic E-state index is -3.09. The Morgan fingerprint density at radius 2 is 2.24 bits per heavy atom. The van der Waals surface area contributed by atoms with Gasteiger partial charge in [-0.3, -0.25) is 10.1 Å². The van der Waals surface area contributed by atoms with Crippen LogP contribution in [0.5, 0.6) is 0 Å². The first-order valence-electron chi connectivity index (χ1n) is 4.09. The van der Waals surface area contributed by atoms with E-state index in [1.165, 1.54) is 22.6 Å². The minimum Gasteiger partial charge on any atom is -0.465 e. The average Bonchev–Trinajstić information content (AvgIpc) is 2.26. The van der Waals surface area contributed by atoms with Gasteiger partial charge in [0.05, 0.1) is 17.6 Å². The van der Waals surface area contributed by atoms with Crippen molar-refractivity contribution in [2.45, 2.75) is 6.43 Å². The van der Waals surface area contributed by atoms with E-state index in [0.717, 1.165) is 13.3 Å². The zero-order valence-corrected chi connectivity index (χ0v) is 10.5. The topological polar surface area (TPSA) is 82.3 Å². The number of carbonyl (C=O) groups excluding carboxylic acids is 1. The van der Waals surface area contributed by atoms with E-state index < -0.39 is 28.7 Å². The third-order valence-electron chi connectivity index (χ3n) is 1.81. The molecule has 9 heteroatoms. The normalized spacial score (nSPS) is 10.4. The molecule has 0 saturated heterocycles. The number of esters is 1. The summed E-state index contributed by atoms with van der Waals surface area (Å²) in [6.45, 7) is 0. The maximum Gasteiger partial charge on any atom is 0.340 e. The summed E-state index contributed by atoms with van der Waals surface area (Å²) in [7, 11) is 1.07. The zero-order valence-electron chi connectivity index (χ0n) is 8.32. The van der Waals surface area contributed by atoms with Crippen molar-refractivity contribution >= 4 is 34.2 Å². The van der Waals surface area contributed by atoms with Crippen LogP contribution in [-0.4, -0.2) is 23.0 Å². The smallest absolute Gasteiger partial charge is 0.340 e.